The molecular weight excluding hydrogens is 384 g/mol. The van der Waals surface area contributed by atoms with Crippen LogP contribution in [0.2, 0.25) is 0 Å². The highest BCUT2D eigenvalue weighted by Crippen LogP contribution is 2.59. The smallest absolute Gasteiger partial charge is 0.0620 e. The van der Waals surface area contributed by atoms with E-state index in [0.29, 0.717) is 0 Å². The Morgan fingerprint density at radius 2 is 1.09 bits per heavy atom. The molecule has 0 fully saturated rings. The quantitative estimate of drug-likeness (QED) is 0.270. The van der Waals surface area contributed by atoms with Crippen LogP contribution in [0.1, 0.15) is 38.9 Å². The Morgan fingerprint density at radius 1 is 0.500 bits per heavy atom. The Labute approximate surface area is 190 Å². The first-order valence-electron chi connectivity index (χ1n) is 11.4. The first-order chi connectivity index (χ1) is 15.6. The van der Waals surface area contributed by atoms with Crippen molar-refractivity contribution in [2.75, 3.05) is 0 Å². The molecule has 0 spiro atoms. The van der Waals surface area contributed by atoms with Gasteiger partial charge in [0.05, 0.1) is 5.41 Å². The van der Waals surface area contributed by atoms with E-state index in [1.807, 2.05) is 0 Å². The maximum Gasteiger partial charge on any atom is 0.0724 e. The summed E-state index contributed by atoms with van der Waals surface area (Å²) in [5.74, 6) is 0. The Bertz CT molecular complexity index is 1460. The maximum atomic E-state index is 2.42. The van der Waals surface area contributed by atoms with E-state index >= 15 is 0 Å². The van der Waals surface area contributed by atoms with E-state index in [2.05, 4.69) is 124 Å². The highest BCUT2D eigenvalue weighted by atomic mass is 14.5. The fourth-order valence-corrected chi connectivity index (χ4v) is 5.93. The lowest BCUT2D eigenvalue weighted by Gasteiger charge is -2.37. The largest absolute Gasteiger partial charge is 0.0724 e. The number of fused-ring (bicyclic) bond motifs is 5. The number of aryl methyl sites for hydroxylation is 3. The lowest BCUT2D eigenvalue weighted by Crippen LogP contribution is -2.30. The van der Waals surface area contributed by atoms with Crippen LogP contribution in [0, 0.1) is 20.8 Å². The van der Waals surface area contributed by atoms with Crippen LogP contribution in [0.25, 0.3) is 21.9 Å². The van der Waals surface area contributed by atoms with E-state index in [1.54, 1.807) is 0 Å². The van der Waals surface area contributed by atoms with Gasteiger partial charge in [-0.05, 0) is 76.1 Å². The van der Waals surface area contributed by atoms with Crippen LogP contribution in [0.15, 0.2) is 103 Å². The summed E-state index contributed by atoms with van der Waals surface area (Å²) in [5.41, 5.74) is 11.8. The SMILES string of the molecule is Cc1ccc2c(c1)C(c1ccccc1C)(c1ccccc1C)c1c-2ccc2ccccc12. The summed E-state index contributed by atoms with van der Waals surface area (Å²) in [7, 11) is 0. The van der Waals surface area contributed by atoms with Gasteiger partial charge in [-0.2, -0.15) is 0 Å². The van der Waals surface area contributed by atoms with Crippen molar-refractivity contribution < 1.29 is 0 Å². The second-order valence-corrected chi connectivity index (χ2v) is 9.14. The molecule has 1 aliphatic carbocycles. The van der Waals surface area contributed by atoms with Crippen LogP contribution >= 0.6 is 0 Å². The third-order valence-electron chi connectivity index (χ3n) is 7.27. The van der Waals surface area contributed by atoms with Crippen LogP contribution in [0.3, 0.4) is 0 Å². The van der Waals surface area contributed by atoms with E-state index in [4.69, 9.17) is 0 Å². The van der Waals surface area contributed by atoms with Crippen molar-refractivity contribution in [3.63, 3.8) is 0 Å². The Kier molecular flexibility index (Phi) is 4.13. The van der Waals surface area contributed by atoms with Crippen molar-refractivity contribution in [1.82, 2.24) is 0 Å². The normalized spacial score (nSPS) is 13.7. The van der Waals surface area contributed by atoms with Gasteiger partial charge in [-0.3, -0.25) is 0 Å². The van der Waals surface area contributed by atoms with Gasteiger partial charge in [-0.15, -0.1) is 0 Å². The lowest BCUT2D eigenvalue weighted by molar-refractivity contribution is 0.759. The summed E-state index contributed by atoms with van der Waals surface area (Å²) in [6.45, 7) is 6.73. The summed E-state index contributed by atoms with van der Waals surface area (Å²) < 4.78 is 0. The monoisotopic (exact) mass is 410 g/mol. The predicted octanol–water partition coefficient (Wildman–Crippen LogP) is 8.13. The van der Waals surface area contributed by atoms with Crippen molar-refractivity contribution in [2.24, 2.45) is 0 Å². The minimum absolute atomic E-state index is 0.353. The standard InChI is InChI=1S/C32H26/c1-21-16-18-26-27-19-17-24-12-6-7-13-25(24)31(27)32(30(26)20-21,28-14-8-4-10-22(28)2)29-15-9-5-11-23(29)3/h4-20H,1-3H3. The average Bonchev–Trinajstić information content (AvgIpc) is 3.10. The fourth-order valence-electron chi connectivity index (χ4n) is 5.93. The number of hydrogen-bond donors (Lipinski definition) is 0. The van der Waals surface area contributed by atoms with E-state index in [0.717, 1.165) is 0 Å². The Hall–Kier alpha value is -3.64. The molecule has 0 unspecified atom stereocenters. The summed E-state index contributed by atoms with van der Waals surface area (Å²) in [6, 6.07) is 38.4. The van der Waals surface area contributed by atoms with Gasteiger partial charge in [0.1, 0.15) is 0 Å². The van der Waals surface area contributed by atoms with Crippen molar-refractivity contribution in [1.29, 1.82) is 0 Å². The topological polar surface area (TPSA) is 0 Å². The fraction of sp³-hybridized carbons (Fsp3) is 0.125. The molecule has 0 radical (unpaired) electrons. The van der Waals surface area contributed by atoms with Crippen molar-refractivity contribution in [3.8, 4) is 11.1 Å². The molecule has 154 valence electrons. The molecule has 32 heavy (non-hydrogen) atoms. The van der Waals surface area contributed by atoms with Gasteiger partial charge >= 0.3 is 0 Å². The molecule has 0 bridgehead atoms. The van der Waals surface area contributed by atoms with Gasteiger partial charge < -0.3 is 0 Å². The van der Waals surface area contributed by atoms with Gasteiger partial charge in [0, 0.05) is 0 Å². The van der Waals surface area contributed by atoms with Crippen LogP contribution in [-0.4, -0.2) is 0 Å². The highest BCUT2D eigenvalue weighted by molar-refractivity contribution is 6.00. The van der Waals surface area contributed by atoms with E-state index in [9.17, 15) is 0 Å². The molecule has 0 saturated heterocycles. The molecule has 0 amide bonds. The van der Waals surface area contributed by atoms with Gasteiger partial charge in [-0.25, -0.2) is 0 Å². The molecule has 0 nitrogen and oxygen atoms in total. The predicted molar refractivity (Wildman–Crippen MR) is 135 cm³/mol. The molecule has 0 heteroatoms. The number of benzene rings is 5. The summed E-state index contributed by atoms with van der Waals surface area (Å²) in [5, 5.41) is 2.63. The minimum atomic E-state index is -0.353. The van der Waals surface area contributed by atoms with Gasteiger partial charge in [0.15, 0.2) is 0 Å². The molecule has 5 aromatic rings. The van der Waals surface area contributed by atoms with Gasteiger partial charge in [0.2, 0.25) is 0 Å². The lowest BCUT2D eigenvalue weighted by atomic mass is 9.64. The third kappa shape index (κ3) is 2.44. The number of rotatable bonds is 2. The number of hydrogen-bond acceptors (Lipinski definition) is 0. The molecule has 1 aliphatic rings. The minimum Gasteiger partial charge on any atom is -0.0620 e. The second kappa shape index (κ2) is 6.93. The van der Waals surface area contributed by atoms with Crippen LogP contribution in [0.5, 0.6) is 0 Å². The van der Waals surface area contributed by atoms with Crippen LogP contribution in [0.4, 0.5) is 0 Å². The Balaban J connectivity index is 1.92. The Morgan fingerprint density at radius 3 is 1.78 bits per heavy atom. The molecule has 0 heterocycles. The molecule has 0 aromatic heterocycles. The zero-order chi connectivity index (χ0) is 21.9. The summed E-state index contributed by atoms with van der Waals surface area (Å²) in [4.78, 5) is 0. The second-order valence-electron chi connectivity index (χ2n) is 9.14. The summed E-state index contributed by atoms with van der Waals surface area (Å²) >= 11 is 0. The molecule has 0 atom stereocenters. The van der Waals surface area contributed by atoms with Crippen LogP contribution < -0.4 is 0 Å². The molecule has 5 aromatic carbocycles. The van der Waals surface area contributed by atoms with Gasteiger partial charge in [-0.1, -0.05) is 109 Å². The first-order valence-corrected chi connectivity index (χ1v) is 11.4. The van der Waals surface area contributed by atoms with Crippen molar-refractivity contribution in [3.05, 3.63) is 142 Å². The maximum absolute atomic E-state index is 2.42. The van der Waals surface area contributed by atoms with Gasteiger partial charge in [0.25, 0.3) is 0 Å². The molecule has 0 saturated carbocycles. The third-order valence-corrected chi connectivity index (χ3v) is 7.27. The zero-order valence-corrected chi connectivity index (χ0v) is 18.8. The van der Waals surface area contributed by atoms with E-state index < -0.39 is 0 Å². The molecular formula is C32H26. The first kappa shape index (κ1) is 19.1. The van der Waals surface area contributed by atoms with Crippen molar-refractivity contribution >= 4 is 10.8 Å². The molecule has 0 aliphatic heterocycles. The average molecular weight is 411 g/mol. The van der Waals surface area contributed by atoms with Crippen LogP contribution in [-0.2, 0) is 5.41 Å². The summed E-state index contributed by atoms with van der Waals surface area (Å²) in [6.07, 6.45) is 0. The molecule has 6 rings (SSSR count). The highest BCUT2D eigenvalue weighted by Gasteiger charge is 2.48. The zero-order valence-electron chi connectivity index (χ0n) is 18.8. The van der Waals surface area contributed by atoms with E-state index in [-0.39, 0.29) is 5.41 Å². The van der Waals surface area contributed by atoms with E-state index in [1.165, 1.54) is 60.8 Å². The molecule has 0 N–H and O–H groups in total. The van der Waals surface area contributed by atoms with Crippen molar-refractivity contribution in [2.45, 2.75) is 26.2 Å².